The molecule has 3 nitrogen and oxygen atoms in total. The van der Waals surface area contributed by atoms with Gasteiger partial charge in [-0.15, -0.1) is 0 Å². The largest absolute Gasteiger partial charge is 0.491 e. The fraction of sp³-hybridized carbons (Fsp3) is 0.647. The van der Waals surface area contributed by atoms with E-state index in [2.05, 4.69) is 37.4 Å². The van der Waals surface area contributed by atoms with E-state index in [1.165, 1.54) is 18.4 Å². The SMILES string of the molecule is COCCOc1ccccc1C(C)C(C)CNC1CC1. The molecule has 0 aliphatic heterocycles. The van der Waals surface area contributed by atoms with Crippen molar-refractivity contribution in [3.05, 3.63) is 29.8 Å². The Morgan fingerprint density at radius 1 is 1.20 bits per heavy atom. The second-order valence-corrected chi connectivity index (χ2v) is 5.83. The maximum absolute atomic E-state index is 5.84. The molecule has 0 amide bonds. The molecule has 1 aliphatic carbocycles. The first-order valence-electron chi connectivity index (χ1n) is 7.66. The third-order valence-corrected chi connectivity index (χ3v) is 4.11. The molecule has 1 aromatic carbocycles. The van der Waals surface area contributed by atoms with E-state index < -0.39 is 0 Å². The van der Waals surface area contributed by atoms with E-state index >= 15 is 0 Å². The number of nitrogens with one attached hydrogen (secondary N) is 1. The Labute approximate surface area is 122 Å². The third kappa shape index (κ3) is 4.50. The van der Waals surface area contributed by atoms with Gasteiger partial charge in [-0.05, 0) is 42.9 Å². The normalized spacial score (nSPS) is 17.8. The summed E-state index contributed by atoms with van der Waals surface area (Å²) in [5, 5.41) is 3.62. The smallest absolute Gasteiger partial charge is 0.122 e. The Morgan fingerprint density at radius 2 is 1.95 bits per heavy atom. The van der Waals surface area contributed by atoms with Gasteiger partial charge in [0.2, 0.25) is 0 Å². The highest BCUT2D eigenvalue weighted by atomic mass is 16.5. The van der Waals surface area contributed by atoms with Crippen molar-refractivity contribution >= 4 is 0 Å². The van der Waals surface area contributed by atoms with E-state index in [0.717, 1.165) is 18.3 Å². The highest BCUT2D eigenvalue weighted by Crippen LogP contribution is 2.32. The van der Waals surface area contributed by atoms with Crippen molar-refractivity contribution in [3.8, 4) is 5.75 Å². The van der Waals surface area contributed by atoms with Crippen LogP contribution in [0, 0.1) is 5.92 Å². The highest BCUT2D eigenvalue weighted by Gasteiger charge is 2.23. The van der Waals surface area contributed by atoms with Crippen molar-refractivity contribution in [3.63, 3.8) is 0 Å². The Balaban J connectivity index is 1.93. The number of ether oxygens (including phenoxy) is 2. The third-order valence-electron chi connectivity index (χ3n) is 4.11. The van der Waals surface area contributed by atoms with E-state index in [4.69, 9.17) is 9.47 Å². The lowest BCUT2D eigenvalue weighted by atomic mass is 9.88. The zero-order valence-electron chi connectivity index (χ0n) is 12.9. The van der Waals surface area contributed by atoms with Gasteiger partial charge in [-0.2, -0.15) is 0 Å². The van der Waals surface area contributed by atoms with Crippen molar-refractivity contribution < 1.29 is 9.47 Å². The molecule has 20 heavy (non-hydrogen) atoms. The van der Waals surface area contributed by atoms with Gasteiger partial charge in [-0.3, -0.25) is 0 Å². The van der Waals surface area contributed by atoms with Gasteiger partial charge in [0.1, 0.15) is 12.4 Å². The Kier molecular flexibility index (Phi) is 5.86. The lowest BCUT2D eigenvalue weighted by Crippen LogP contribution is -2.26. The number of benzene rings is 1. The fourth-order valence-electron chi connectivity index (χ4n) is 2.35. The van der Waals surface area contributed by atoms with Crippen LogP contribution in [-0.4, -0.2) is 32.9 Å². The summed E-state index contributed by atoms with van der Waals surface area (Å²) in [5.74, 6) is 2.08. The van der Waals surface area contributed by atoms with E-state index in [0.29, 0.717) is 25.0 Å². The summed E-state index contributed by atoms with van der Waals surface area (Å²) < 4.78 is 10.9. The molecule has 0 radical (unpaired) electrons. The van der Waals surface area contributed by atoms with Gasteiger partial charge in [0.15, 0.2) is 0 Å². The first-order chi connectivity index (χ1) is 9.72. The molecule has 1 aliphatic rings. The predicted molar refractivity (Wildman–Crippen MR) is 82.4 cm³/mol. The maximum atomic E-state index is 5.84. The van der Waals surface area contributed by atoms with Crippen LogP contribution in [0.2, 0.25) is 0 Å². The highest BCUT2D eigenvalue weighted by molar-refractivity contribution is 5.36. The van der Waals surface area contributed by atoms with Crippen LogP contribution in [0.1, 0.15) is 38.2 Å². The van der Waals surface area contributed by atoms with E-state index in [-0.39, 0.29) is 0 Å². The lowest BCUT2D eigenvalue weighted by Gasteiger charge is -2.23. The van der Waals surface area contributed by atoms with Gasteiger partial charge in [0.25, 0.3) is 0 Å². The minimum absolute atomic E-state index is 0.486. The molecule has 0 bridgehead atoms. The summed E-state index contributed by atoms with van der Waals surface area (Å²) in [7, 11) is 1.70. The summed E-state index contributed by atoms with van der Waals surface area (Å²) in [4.78, 5) is 0. The predicted octanol–water partition coefficient (Wildman–Crippen LogP) is 3.20. The van der Waals surface area contributed by atoms with Gasteiger partial charge >= 0.3 is 0 Å². The molecule has 0 aromatic heterocycles. The molecule has 1 aromatic rings. The summed E-state index contributed by atoms with van der Waals surface area (Å²) in [6.45, 7) is 6.92. The number of hydrogen-bond acceptors (Lipinski definition) is 3. The fourth-order valence-corrected chi connectivity index (χ4v) is 2.35. The van der Waals surface area contributed by atoms with E-state index in [9.17, 15) is 0 Å². The van der Waals surface area contributed by atoms with Gasteiger partial charge in [-0.1, -0.05) is 32.0 Å². The van der Waals surface area contributed by atoms with Crippen molar-refractivity contribution in [2.24, 2.45) is 5.92 Å². The number of methoxy groups -OCH3 is 1. The minimum atomic E-state index is 0.486. The molecule has 2 unspecified atom stereocenters. The quantitative estimate of drug-likeness (QED) is 0.703. The van der Waals surface area contributed by atoms with Crippen LogP contribution in [0.3, 0.4) is 0 Å². The van der Waals surface area contributed by atoms with Gasteiger partial charge in [-0.25, -0.2) is 0 Å². The molecule has 0 saturated heterocycles. The molecule has 0 spiro atoms. The van der Waals surface area contributed by atoms with Crippen molar-refractivity contribution in [2.75, 3.05) is 26.9 Å². The second-order valence-electron chi connectivity index (χ2n) is 5.83. The summed E-state index contributed by atoms with van der Waals surface area (Å²) in [6, 6.07) is 9.14. The molecule has 3 heteroatoms. The zero-order chi connectivity index (χ0) is 14.4. The Bertz CT molecular complexity index is 404. The number of rotatable bonds is 9. The first kappa shape index (κ1) is 15.3. The molecule has 2 rings (SSSR count). The summed E-state index contributed by atoms with van der Waals surface area (Å²) in [5.41, 5.74) is 1.30. The molecule has 1 fully saturated rings. The molecular weight excluding hydrogens is 250 g/mol. The maximum Gasteiger partial charge on any atom is 0.122 e. The van der Waals surface area contributed by atoms with Crippen LogP contribution in [-0.2, 0) is 4.74 Å². The first-order valence-corrected chi connectivity index (χ1v) is 7.66. The van der Waals surface area contributed by atoms with Crippen LogP contribution >= 0.6 is 0 Å². The monoisotopic (exact) mass is 277 g/mol. The van der Waals surface area contributed by atoms with Crippen molar-refractivity contribution in [2.45, 2.75) is 38.6 Å². The van der Waals surface area contributed by atoms with Crippen LogP contribution in [0.15, 0.2) is 24.3 Å². The lowest BCUT2D eigenvalue weighted by molar-refractivity contribution is 0.145. The summed E-state index contributed by atoms with van der Waals surface area (Å²) in [6.07, 6.45) is 2.69. The summed E-state index contributed by atoms with van der Waals surface area (Å²) >= 11 is 0. The number of hydrogen-bond donors (Lipinski definition) is 1. The van der Waals surface area contributed by atoms with Crippen LogP contribution in [0.4, 0.5) is 0 Å². The molecule has 1 saturated carbocycles. The molecule has 112 valence electrons. The van der Waals surface area contributed by atoms with Crippen molar-refractivity contribution in [1.82, 2.24) is 5.32 Å². The van der Waals surface area contributed by atoms with Gasteiger partial charge in [0, 0.05) is 13.2 Å². The topological polar surface area (TPSA) is 30.5 Å². The molecule has 0 heterocycles. The molecular formula is C17H27NO2. The zero-order valence-corrected chi connectivity index (χ0v) is 12.9. The number of para-hydroxylation sites is 1. The van der Waals surface area contributed by atoms with Gasteiger partial charge in [0.05, 0.1) is 6.61 Å². The minimum Gasteiger partial charge on any atom is -0.491 e. The molecule has 2 atom stereocenters. The Morgan fingerprint density at radius 3 is 2.65 bits per heavy atom. The average Bonchev–Trinajstić information content (AvgIpc) is 3.29. The van der Waals surface area contributed by atoms with Gasteiger partial charge < -0.3 is 14.8 Å². The average molecular weight is 277 g/mol. The second kappa shape index (κ2) is 7.65. The van der Waals surface area contributed by atoms with Crippen LogP contribution in [0.5, 0.6) is 5.75 Å². The van der Waals surface area contributed by atoms with E-state index in [1.54, 1.807) is 7.11 Å². The van der Waals surface area contributed by atoms with Crippen LogP contribution in [0.25, 0.3) is 0 Å². The van der Waals surface area contributed by atoms with E-state index in [1.807, 2.05) is 6.07 Å². The Hall–Kier alpha value is -1.06. The molecule has 1 N–H and O–H groups in total. The van der Waals surface area contributed by atoms with Crippen molar-refractivity contribution in [1.29, 1.82) is 0 Å². The van der Waals surface area contributed by atoms with Crippen LogP contribution < -0.4 is 10.1 Å². The standard InChI is InChI=1S/C17H27NO2/c1-13(12-18-15-8-9-15)14(2)16-6-4-5-7-17(16)20-11-10-19-3/h4-7,13-15,18H,8-12H2,1-3H3.